The molecule has 0 atom stereocenters. The van der Waals surface area contributed by atoms with Crippen LogP contribution in [0.15, 0.2) is 16.8 Å². The van der Waals surface area contributed by atoms with Crippen LogP contribution in [0, 0.1) is 25.2 Å². The molecule has 114 valence electrons. The Kier molecular flexibility index (Phi) is 2.78. The summed E-state index contributed by atoms with van der Waals surface area (Å²) >= 11 is 0. The molecule has 0 aliphatic heterocycles. The molecule has 0 saturated carbocycles. The van der Waals surface area contributed by atoms with Gasteiger partial charge < -0.3 is 15.2 Å². The second-order valence-electron chi connectivity index (χ2n) is 5.76. The van der Waals surface area contributed by atoms with E-state index < -0.39 is 0 Å². The monoisotopic (exact) mass is 305 g/mol. The fourth-order valence-electron chi connectivity index (χ4n) is 3.42. The van der Waals surface area contributed by atoms with Gasteiger partial charge in [-0.05, 0) is 38.3 Å². The summed E-state index contributed by atoms with van der Waals surface area (Å²) in [5, 5.41) is 13.6. The largest absolute Gasteiger partial charge is 0.383 e. The summed E-state index contributed by atoms with van der Waals surface area (Å²) in [5.41, 5.74) is 13.0. The molecule has 0 radical (unpaired) electrons. The molecule has 0 amide bonds. The molecule has 1 aliphatic rings. The zero-order valence-corrected chi connectivity index (χ0v) is 12.9. The quantitative estimate of drug-likeness (QED) is 0.719. The third-order valence-corrected chi connectivity index (χ3v) is 4.43. The Labute approximate surface area is 132 Å². The first kappa shape index (κ1) is 13.6. The van der Waals surface area contributed by atoms with Gasteiger partial charge in [-0.3, -0.25) is 0 Å². The second-order valence-corrected chi connectivity index (χ2v) is 5.76. The number of aromatic nitrogens is 3. The van der Waals surface area contributed by atoms with Crippen molar-refractivity contribution < 1.29 is 4.52 Å². The van der Waals surface area contributed by atoms with E-state index in [-0.39, 0.29) is 5.82 Å². The van der Waals surface area contributed by atoms with Crippen LogP contribution in [-0.4, -0.2) is 15.1 Å². The number of nitrogens with zero attached hydrogens (tertiary/aromatic N) is 3. The molecule has 0 aromatic carbocycles. The first-order valence-electron chi connectivity index (χ1n) is 7.44. The first-order chi connectivity index (χ1) is 11.1. The molecule has 6 nitrogen and oxygen atoms in total. The molecular weight excluding hydrogens is 290 g/mol. The maximum atomic E-state index is 9.61. The van der Waals surface area contributed by atoms with Gasteiger partial charge in [0.25, 0.3) is 0 Å². The van der Waals surface area contributed by atoms with Gasteiger partial charge in [-0.15, -0.1) is 0 Å². The van der Waals surface area contributed by atoms with Crippen molar-refractivity contribution in [1.82, 2.24) is 15.1 Å². The summed E-state index contributed by atoms with van der Waals surface area (Å²) in [4.78, 5) is 7.76. The van der Waals surface area contributed by atoms with E-state index in [4.69, 9.17) is 10.3 Å². The number of nitriles is 1. The second kappa shape index (κ2) is 4.71. The van der Waals surface area contributed by atoms with Crippen LogP contribution in [-0.2, 0) is 12.8 Å². The van der Waals surface area contributed by atoms with Crippen molar-refractivity contribution in [3.8, 4) is 28.5 Å². The van der Waals surface area contributed by atoms with Crippen LogP contribution in [0.4, 0.5) is 5.82 Å². The average Bonchev–Trinajstić information content (AvgIpc) is 3.13. The maximum absolute atomic E-state index is 9.61. The molecule has 3 N–H and O–H groups in total. The third-order valence-electron chi connectivity index (χ3n) is 4.43. The van der Waals surface area contributed by atoms with Crippen LogP contribution >= 0.6 is 0 Å². The zero-order chi connectivity index (χ0) is 16.1. The smallest absolute Gasteiger partial charge is 0.142 e. The van der Waals surface area contributed by atoms with Gasteiger partial charge in [-0.1, -0.05) is 5.16 Å². The van der Waals surface area contributed by atoms with Gasteiger partial charge in [-0.2, -0.15) is 5.26 Å². The number of hydrogen-bond donors (Lipinski definition) is 2. The standard InChI is InChI=1S/C17H15N5O/c1-8-14(9(2)23-22-8)15-11-3-4-13-10(5-6-20-13)16(11)21-17(19)12(15)7-18/h5-6,20H,3-4H2,1-2H3,(H2,19,21). The molecule has 3 aromatic heterocycles. The van der Waals surface area contributed by atoms with Crippen molar-refractivity contribution >= 4 is 5.82 Å². The Balaban J connectivity index is 2.13. The summed E-state index contributed by atoms with van der Waals surface area (Å²) < 4.78 is 5.31. The molecule has 0 bridgehead atoms. The minimum atomic E-state index is 0.246. The fourth-order valence-corrected chi connectivity index (χ4v) is 3.42. The number of fused-ring (bicyclic) bond motifs is 3. The van der Waals surface area contributed by atoms with E-state index in [0.717, 1.165) is 52.2 Å². The predicted octanol–water partition coefficient (Wildman–Crippen LogP) is 2.90. The minimum Gasteiger partial charge on any atom is -0.383 e. The molecule has 0 fully saturated rings. The van der Waals surface area contributed by atoms with Crippen molar-refractivity contribution in [2.75, 3.05) is 5.73 Å². The summed E-state index contributed by atoms with van der Waals surface area (Å²) in [6.45, 7) is 3.73. The first-order valence-corrected chi connectivity index (χ1v) is 7.44. The molecule has 0 spiro atoms. The minimum absolute atomic E-state index is 0.246. The van der Waals surface area contributed by atoms with Crippen LogP contribution in [0.2, 0.25) is 0 Å². The number of rotatable bonds is 1. The Morgan fingerprint density at radius 1 is 1.30 bits per heavy atom. The van der Waals surface area contributed by atoms with Crippen molar-refractivity contribution in [1.29, 1.82) is 5.26 Å². The summed E-state index contributed by atoms with van der Waals surface area (Å²) in [7, 11) is 0. The van der Waals surface area contributed by atoms with Crippen molar-refractivity contribution in [3.05, 3.63) is 40.5 Å². The third kappa shape index (κ3) is 1.80. The Morgan fingerprint density at radius 3 is 2.83 bits per heavy atom. The lowest BCUT2D eigenvalue weighted by molar-refractivity contribution is 0.393. The number of aromatic amines is 1. The van der Waals surface area contributed by atoms with Gasteiger partial charge in [0.05, 0.1) is 11.4 Å². The van der Waals surface area contributed by atoms with E-state index >= 15 is 0 Å². The van der Waals surface area contributed by atoms with Crippen LogP contribution in [0.3, 0.4) is 0 Å². The Hall–Kier alpha value is -3.07. The normalized spacial score (nSPS) is 12.6. The fraction of sp³-hybridized carbons (Fsp3) is 0.235. The van der Waals surface area contributed by atoms with Crippen molar-refractivity contribution in [2.24, 2.45) is 0 Å². The molecule has 3 heterocycles. The number of hydrogen-bond acceptors (Lipinski definition) is 5. The molecular formula is C17H15N5O. The lowest BCUT2D eigenvalue weighted by Crippen LogP contribution is -2.11. The number of nitrogens with one attached hydrogen (secondary N) is 1. The van der Waals surface area contributed by atoms with Gasteiger partial charge >= 0.3 is 0 Å². The lowest BCUT2D eigenvalue weighted by Gasteiger charge is -2.21. The Morgan fingerprint density at radius 2 is 2.13 bits per heavy atom. The van der Waals surface area contributed by atoms with Crippen LogP contribution in [0.5, 0.6) is 0 Å². The van der Waals surface area contributed by atoms with Crippen LogP contribution < -0.4 is 5.73 Å². The van der Waals surface area contributed by atoms with Gasteiger partial charge in [0, 0.05) is 28.6 Å². The highest BCUT2D eigenvalue weighted by Gasteiger charge is 2.28. The molecule has 0 unspecified atom stereocenters. The van der Waals surface area contributed by atoms with E-state index in [1.54, 1.807) is 0 Å². The number of aryl methyl sites for hydroxylation is 3. The highest BCUT2D eigenvalue weighted by atomic mass is 16.5. The Bertz CT molecular complexity index is 954. The number of H-pyrrole nitrogens is 1. The van der Waals surface area contributed by atoms with E-state index in [0.29, 0.717) is 11.3 Å². The van der Waals surface area contributed by atoms with Crippen LogP contribution in [0.25, 0.3) is 22.4 Å². The van der Waals surface area contributed by atoms with E-state index in [2.05, 4.69) is 21.2 Å². The van der Waals surface area contributed by atoms with E-state index in [1.807, 2.05) is 26.1 Å². The SMILES string of the molecule is Cc1noc(C)c1-c1c(C#N)c(N)nc2c1CCc1[nH]ccc1-2. The topological polar surface area (TPSA) is 105 Å². The summed E-state index contributed by atoms with van der Waals surface area (Å²) in [6.07, 6.45) is 3.58. The number of nitrogen functional groups attached to an aromatic ring is 1. The highest BCUT2D eigenvalue weighted by molar-refractivity contribution is 5.87. The molecule has 3 aromatic rings. The molecule has 23 heavy (non-hydrogen) atoms. The maximum Gasteiger partial charge on any atom is 0.142 e. The summed E-state index contributed by atoms with van der Waals surface area (Å²) in [5.74, 6) is 0.932. The molecule has 0 saturated heterocycles. The number of pyridine rings is 1. The lowest BCUT2D eigenvalue weighted by atomic mass is 9.85. The van der Waals surface area contributed by atoms with Crippen molar-refractivity contribution in [2.45, 2.75) is 26.7 Å². The highest BCUT2D eigenvalue weighted by Crippen LogP contribution is 2.42. The van der Waals surface area contributed by atoms with Gasteiger partial charge in [0.15, 0.2) is 0 Å². The molecule has 6 heteroatoms. The van der Waals surface area contributed by atoms with Gasteiger partial charge in [0.1, 0.15) is 23.2 Å². The van der Waals surface area contributed by atoms with Gasteiger partial charge in [0.2, 0.25) is 0 Å². The molecule has 4 rings (SSSR count). The molecule has 1 aliphatic carbocycles. The van der Waals surface area contributed by atoms with Crippen LogP contribution in [0.1, 0.15) is 28.3 Å². The summed E-state index contributed by atoms with van der Waals surface area (Å²) in [6, 6.07) is 4.21. The number of nitrogens with two attached hydrogens (primary N) is 1. The van der Waals surface area contributed by atoms with E-state index in [1.165, 1.54) is 0 Å². The van der Waals surface area contributed by atoms with E-state index in [9.17, 15) is 5.26 Å². The number of anilines is 1. The average molecular weight is 305 g/mol. The zero-order valence-electron chi connectivity index (χ0n) is 12.9. The predicted molar refractivity (Wildman–Crippen MR) is 85.5 cm³/mol. The van der Waals surface area contributed by atoms with Gasteiger partial charge in [-0.25, -0.2) is 4.98 Å². The van der Waals surface area contributed by atoms with Crippen molar-refractivity contribution in [3.63, 3.8) is 0 Å².